The van der Waals surface area contributed by atoms with Gasteiger partial charge >= 0.3 is 11.9 Å². The fourth-order valence-electron chi connectivity index (χ4n) is 3.15. The van der Waals surface area contributed by atoms with Crippen LogP contribution in [0.1, 0.15) is 54.7 Å². The first-order valence-corrected chi connectivity index (χ1v) is 8.72. The fourth-order valence-corrected chi connectivity index (χ4v) is 3.15. The Hall–Kier alpha value is -2.89. The zero-order valence-electron chi connectivity index (χ0n) is 15.0. The molecule has 2 aromatic rings. The lowest BCUT2D eigenvalue weighted by atomic mass is 9.98. The van der Waals surface area contributed by atoms with Crippen molar-refractivity contribution in [1.82, 2.24) is 9.78 Å². The van der Waals surface area contributed by atoms with E-state index in [0.29, 0.717) is 29.9 Å². The highest BCUT2D eigenvalue weighted by atomic mass is 16.5. The Balaban J connectivity index is 1.84. The SMILES string of the molecule is COC(=O)C1=C(OC(=O)c2ccnn2[C@H](C)c2ccccc2)CCCC1. The van der Waals surface area contributed by atoms with Crippen LogP contribution in [-0.4, -0.2) is 28.8 Å². The Bertz CT molecular complexity index is 823. The van der Waals surface area contributed by atoms with Crippen molar-refractivity contribution in [2.24, 2.45) is 0 Å². The van der Waals surface area contributed by atoms with E-state index in [-0.39, 0.29) is 6.04 Å². The van der Waals surface area contributed by atoms with Crippen LogP contribution >= 0.6 is 0 Å². The molecule has 1 atom stereocenters. The van der Waals surface area contributed by atoms with Crippen molar-refractivity contribution in [2.45, 2.75) is 38.6 Å². The van der Waals surface area contributed by atoms with E-state index in [1.165, 1.54) is 7.11 Å². The van der Waals surface area contributed by atoms with Gasteiger partial charge in [-0.1, -0.05) is 30.3 Å². The fraction of sp³-hybridized carbons (Fsp3) is 0.350. The minimum Gasteiger partial charge on any atom is -0.466 e. The van der Waals surface area contributed by atoms with Gasteiger partial charge in [-0.2, -0.15) is 5.10 Å². The van der Waals surface area contributed by atoms with Crippen LogP contribution in [0.15, 0.2) is 53.9 Å². The topological polar surface area (TPSA) is 70.4 Å². The van der Waals surface area contributed by atoms with E-state index in [1.54, 1.807) is 16.9 Å². The highest BCUT2D eigenvalue weighted by Crippen LogP contribution is 2.28. The summed E-state index contributed by atoms with van der Waals surface area (Å²) in [5.41, 5.74) is 1.84. The Labute approximate surface area is 152 Å². The largest absolute Gasteiger partial charge is 0.466 e. The summed E-state index contributed by atoms with van der Waals surface area (Å²) in [6.45, 7) is 1.97. The molecule has 1 aliphatic carbocycles. The summed E-state index contributed by atoms with van der Waals surface area (Å²) in [6.07, 6.45) is 4.46. The quantitative estimate of drug-likeness (QED) is 0.767. The van der Waals surface area contributed by atoms with Crippen molar-refractivity contribution in [2.75, 3.05) is 7.11 Å². The van der Waals surface area contributed by atoms with Gasteiger partial charge in [-0.25, -0.2) is 9.59 Å². The average Bonchev–Trinajstić information content (AvgIpc) is 3.18. The lowest BCUT2D eigenvalue weighted by molar-refractivity contribution is -0.136. The molecule has 136 valence electrons. The first-order valence-electron chi connectivity index (χ1n) is 8.72. The summed E-state index contributed by atoms with van der Waals surface area (Å²) in [6, 6.07) is 11.3. The zero-order valence-corrected chi connectivity index (χ0v) is 15.0. The number of aromatic nitrogens is 2. The molecular formula is C20H22N2O4. The number of ether oxygens (including phenoxy) is 2. The minimum atomic E-state index is -0.511. The molecule has 0 fully saturated rings. The molecule has 1 aromatic heterocycles. The number of methoxy groups -OCH3 is 1. The van der Waals surface area contributed by atoms with Crippen LogP contribution < -0.4 is 0 Å². The van der Waals surface area contributed by atoms with Crippen molar-refractivity contribution < 1.29 is 19.1 Å². The molecule has 0 amide bonds. The number of hydrogen-bond acceptors (Lipinski definition) is 5. The van der Waals surface area contributed by atoms with Crippen molar-refractivity contribution in [3.63, 3.8) is 0 Å². The predicted molar refractivity (Wildman–Crippen MR) is 95.4 cm³/mol. The first-order chi connectivity index (χ1) is 12.6. The van der Waals surface area contributed by atoms with Crippen molar-refractivity contribution in [1.29, 1.82) is 0 Å². The van der Waals surface area contributed by atoms with E-state index < -0.39 is 11.9 Å². The van der Waals surface area contributed by atoms with Crippen LogP contribution in [0, 0.1) is 0 Å². The highest BCUT2D eigenvalue weighted by Gasteiger charge is 2.25. The van der Waals surface area contributed by atoms with Crippen molar-refractivity contribution in [3.8, 4) is 0 Å². The molecule has 0 N–H and O–H groups in total. The van der Waals surface area contributed by atoms with Gasteiger partial charge in [0, 0.05) is 12.6 Å². The van der Waals surface area contributed by atoms with E-state index in [1.807, 2.05) is 37.3 Å². The number of allylic oxidation sites excluding steroid dienone is 1. The van der Waals surface area contributed by atoms with E-state index >= 15 is 0 Å². The molecule has 0 aliphatic heterocycles. The molecule has 0 unspecified atom stereocenters. The van der Waals surface area contributed by atoms with Gasteiger partial charge in [0.25, 0.3) is 0 Å². The standard InChI is InChI=1S/C20H22N2O4/c1-14(15-8-4-3-5-9-15)22-17(12-13-21-22)20(24)26-18-11-7-6-10-16(18)19(23)25-2/h3-5,8-9,12-14H,6-7,10-11H2,1-2H3/t14-/m1/s1. The van der Waals surface area contributed by atoms with Gasteiger partial charge in [0.05, 0.1) is 18.7 Å². The summed E-state index contributed by atoms with van der Waals surface area (Å²) >= 11 is 0. The molecule has 0 spiro atoms. The van der Waals surface area contributed by atoms with Crippen LogP contribution in [0.25, 0.3) is 0 Å². The van der Waals surface area contributed by atoms with Crippen LogP contribution in [0.2, 0.25) is 0 Å². The summed E-state index contributed by atoms with van der Waals surface area (Å²) in [7, 11) is 1.33. The van der Waals surface area contributed by atoms with E-state index in [9.17, 15) is 9.59 Å². The molecule has 6 heteroatoms. The number of carbonyl (C=O) groups excluding carboxylic acids is 2. The van der Waals surface area contributed by atoms with Crippen LogP contribution in [0.4, 0.5) is 0 Å². The number of nitrogens with zero attached hydrogens (tertiary/aromatic N) is 2. The highest BCUT2D eigenvalue weighted by molar-refractivity contribution is 5.92. The molecule has 3 rings (SSSR count). The van der Waals surface area contributed by atoms with Gasteiger partial charge in [-0.05, 0) is 37.8 Å². The minimum absolute atomic E-state index is 0.117. The summed E-state index contributed by atoms with van der Waals surface area (Å²) in [5, 5.41) is 4.29. The Morgan fingerprint density at radius 3 is 2.54 bits per heavy atom. The Kier molecular flexibility index (Phi) is 5.51. The van der Waals surface area contributed by atoms with Crippen LogP contribution in [-0.2, 0) is 14.3 Å². The van der Waals surface area contributed by atoms with Crippen molar-refractivity contribution >= 4 is 11.9 Å². The second kappa shape index (κ2) is 7.99. The lowest BCUT2D eigenvalue weighted by Gasteiger charge is -2.19. The van der Waals surface area contributed by atoms with Gasteiger partial charge in [-0.15, -0.1) is 0 Å². The molecule has 1 aliphatic rings. The van der Waals surface area contributed by atoms with Gasteiger partial charge in [0.15, 0.2) is 0 Å². The second-order valence-corrected chi connectivity index (χ2v) is 6.24. The Morgan fingerprint density at radius 2 is 1.81 bits per heavy atom. The van der Waals surface area contributed by atoms with Gasteiger partial charge in [0.1, 0.15) is 11.5 Å². The summed E-state index contributed by atoms with van der Waals surface area (Å²) in [4.78, 5) is 24.6. The number of rotatable bonds is 5. The molecule has 0 bridgehead atoms. The second-order valence-electron chi connectivity index (χ2n) is 6.24. The maximum absolute atomic E-state index is 12.7. The number of benzene rings is 1. The zero-order chi connectivity index (χ0) is 18.5. The lowest BCUT2D eigenvalue weighted by Crippen LogP contribution is -2.20. The molecule has 0 saturated heterocycles. The van der Waals surface area contributed by atoms with Crippen molar-refractivity contribution in [3.05, 3.63) is 65.2 Å². The smallest absolute Gasteiger partial charge is 0.361 e. The predicted octanol–water partition coefficient (Wildman–Crippen LogP) is 3.65. The molecule has 0 radical (unpaired) electrons. The number of hydrogen-bond donors (Lipinski definition) is 0. The molecule has 1 heterocycles. The van der Waals surface area contributed by atoms with E-state index in [2.05, 4.69) is 5.10 Å². The van der Waals surface area contributed by atoms with Crippen LogP contribution in [0.5, 0.6) is 0 Å². The van der Waals surface area contributed by atoms with Gasteiger partial charge in [0.2, 0.25) is 0 Å². The van der Waals surface area contributed by atoms with E-state index in [4.69, 9.17) is 9.47 Å². The first kappa shape index (κ1) is 17.9. The summed E-state index contributed by atoms with van der Waals surface area (Å²) < 4.78 is 12.0. The number of carbonyl (C=O) groups is 2. The number of esters is 2. The average molecular weight is 354 g/mol. The molecular weight excluding hydrogens is 332 g/mol. The third kappa shape index (κ3) is 3.69. The van der Waals surface area contributed by atoms with Crippen LogP contribution in [0.3, 0.4) is 0 Å². The van der Waals surface area contributed by atoms with E-state index in [0.717, 1.165) is 18.4 Å². The Morgan fingerprint density at radius 1 is 1.08 bits per heavy atom. The van der Waals surface area contributed by atoms with Gasteiger partial charge < -0.3 is 9.47 Å². The maximum Gasteiger partial charge on any atom is 0.361 e. The summed E-state index contributed by atoms with van der Waals surface area (Å²) in [5.74, 6) is -0.532. The molecule has 6 nitrogen and oxygen atoms in total. The monoisotopic (exact) mass is 354 g/mol. The third-order valence-electron chi connectivity index (χ3n) is 4.59. The molecule has 1 aromatic carbocycles. The normalized spacial score (nSPS) is 15.5. The maximum atomic E-state index is 12.7. The molecule has 26 heavy (non-hydrogen) atoms. The van der Waals surface area contributed by atoms with Gasteiger partial charge in [-0.3, -0.25) is 4.68 Å². The third-order valence-corrected chi connectivity index (χ3v) is 4.59. The molecule has 0 saturated carbocycles.